The van der Waals surface area contributed by atoms with Crippen LogP contribution >= 0.6 is 0 Å². The molecule has 0 radical (unpaired) electrons. The third kappa shape index (κ3) is 5.37. The van der Waals surface area contributed by atoms with E-state index in [9.17, 15) is 0 Å². The highest BCUT2D eigenvalue weighted by Crippen LogP contribution is 2.37. The van der Waals surface area contributed by atoms with Crippen molar-refractivity contribution < 1.29 is 4.74 Å². The highest BCUT2D eigenvalue weighted by molar-refractivity contribution is 4.81. The third-order valence-electron chi connectivity index (χ3n) is 5.24. The maximum Gasteiger partial charge on any atom is 0.0576 e. The zero-order valence-electron chi connectivity index (χ0n) is 13.9. The fourth-order valence-corrected chi connectivity index (χ4v) is 4.01. The maximum absolute atomic E-state index is 5.80. The monoisotopic (exact) mass is 281 g/mol. The minimum Gasteiger partial charge on any atom is -0.378 e. The molecular weight excluding hydrogens is 246 g/mol. The van der Waals surface area contributed by atoms with E-state index in [1.165, 1.54) is 58.0 Å². The quantitative estimate of drug-likeness (QED) is 0.753. The maximum atomic E-state index is 5.80. The topological polar surface area (TPSA) is 21.3 Å². The molecule has 0 aromatic rings. The Kier molecular flexibility index (Phi) is 6.83. The molecule has 1 heterocycles. The minimum atomic E-state index is 0.580. The predicted molar refractivity (Wildman–Crippen MR) is 85.9 cm³/mol. The molecule has 4 atom stereocenters. The number of nitrogens with one attached hydrogen (secondary N) is 1. The molecule has 0 bridgehead atoms. The zero-order valence-corrected chi connectivity index (χ0v) is 13.9. The Balaban J connectivity index is 1.74. The summed E-state index contributed by atoms with van der Waals surface area (Å²) in [6.45, 7) is 10.4. The van der Waals surface area contributed by atoms with Crippen molar-refractivity contribution in [3.8, 4) is 0 Å². The van der Waals surface area contributed by atoms with Crippen LogP contribution in [0.5, 0.6) is 0 Å². The lowest BCUT2D eigenvalue weighted by molar-refractivity contribution is 0.0853. The van der Waals surface area contributed by atoms with Gasteiger partial charge in [0.2, 0.25) is 0 Å². The number of ether oxygens (including phenoxy) is 1. The van der Waals surface area contributed by atoms with Crippen molar-refractivity contribution >= 4 is 0 Å². The van der Waals surface area contributed by atoms with Crippen LogP contribution in [-0.4, -0.2) is 25.8 Å². The van der Waals surface area contributed by atoms with Gasteiger partial charge >= 0.3 is 0 Å². The Labute approximate surface area is 126 Å². The number of hydrogen-bond acceptors (Lipinski definition) is 2. The smallest absolute Gasteiger partial charge is 0.0576 e. The Hall–Kier alpha value is -0.0800. The second-order valence-corrected chi connectivity index (χ2v) is 7.70. The van der Waals surface area contributed by atoms with E-state index in [0.29, 0.717) is 6.10 Å². The summed E-state index contributed by atoms with van der Waals surface area (Å²) in [6, 6.07) is 0. The largest absolute Gasteiger partial charge is 0.378 e. The summed E-state index contributed by atoms with van der Waals surface area (Å²) in [5.74, 6) is 3.54. The van der Waals surface area contributed by atoms with Crippen LogP contribution < -0.4 is 5.32 Å². The lowest BCUT2D eigenvalue weighted by atomic mass is 9.72. The molecule has 2 aliphatic rings. The summed E-state index contributed by atoms with van der Waals surface area (Å²) in [6.07, 6.45) is 10.2. The van der Waals surface area contributed by atoms with E-state index in [-0.39, 0.29) is 0 Å². The first-order chi connectivity index (χ1) is 9.65. The van der Waals surface area contributed by atoms with E-state index in [2.05, 4.69) is 26.1 Å². The van der Waals surface area contributed by atoms with Crippen molar-refractivity contribution in [1.29, 1.82) is 0 Å². The highest BCUT2D eigenvalue weighted by atomic mass is 16.5. The molecule has 1 aliphatic carbocycles. The average molecular weight is 281 g/mol. The van der Waals surface area contributed by atoms with Gasteiger partial charge in [0.1, 0.15) is 0 Å². The van der Waals surface area contributed by atoms with E-state index in [1.807, 2.05) is 0 Å². The van der Waals surface area contributed by atoms with E-state index >= 15 is 0 Å². The Morgan fingerprint density at radius 2 is 1.95 bits per heavy atom. The molecular formula is C18H35NO. The fourth-order valence-electron chi connectivity index (χ4n) is 4.01. The number of hydrogen-bond donors (Lipinski definition) is 1. The minimum absolute atomic E-state index is 0.580. The summed E-state index contributed by atoms with van der Waals surface area (Å²) < 4.78 is 5.80. The SMILES string of the molecule is CC(C)CNCC1CCC(C)CC1CCC1CCCO1. The van der Waals surface area contributed by atoms with E-state index in [0.717, 1.165) is 30.3 Å². The molecule has 1 saturated heterocycles. The van der Waals surface area contributed by atoms with Gasteiger partial charge in [0, 0.05) is 6.61 Å². The van der Waals surface area contributed by atoms with Crippen molar-refractivity contribution in [2.45, 2.75) is 71.8 Å². The van der Waals surface area contributed by atoms with Crippen molar-refractivity contribution in [3.05, 3.63) is 0 Å². The molecule has 2 rings (SSSR count). The van der Waals surface area contributed by atoms with Crippen molar-refractivity contribution in [3.63, 3.8) is 0 Å². The molecule has 2 nitrogen and oxygen atoms in total. The molecule has 0 aromatic carbocycles. The first kappa shape index (κ1) is 16.3. The molecule has 1 N–H and O–H groups in total. The van der Waals surface area contributed by atoms with E-state index in [4.69, 9.17) is 4.74 Å². The van der Waals surface area contributed by atoms with Crippen LogP contribution in [0.4, 0.5) is 0 Å². The van der Waals surface area contributed by atoms with Crippen LogP contribution in [0.2, 0.25) is 0 Å². The predicted octanol–water partition coefficient (Wildman–Crippen LogP) is 4.24. The second kappa shape index (κ2) is 8.38. The number of rotatable bonds is 7. The van der Waals surface area contributed by atoms with E-state index in [1.54, 1.807) is 0 Å². The van der Waals surface area contributed by atoms with Crippen molar-refractivity contribution in [2.75, 3.05) is 19.7 Å². The second-order valence-electron chi connectivity index (χ2n) is 7.70. The Bertz CT molecular complexity index is 260. The first-order valence-electron chi connectivity index (χ1n) is 8.97. The highest BCUT2D eigenvalue weighted by Gasteiger charge is 2.29. The van der Waals surface area contributed by atoms with Gasteiger partial charge in [-0.1, -0.05) is 27.2 Å². The molecule has 0 spiro atoms. The summed E-state index contributed by atoms with van der Waals surface area (Å²) in [5.41, 5.74) is 0. The normalized spacial score (nSPS) is 34.8. The molecule has 118 valence electrons. The van der Waals surface area contributed by atoms with Gasteiger partial charge in [0.25, 0.3) is 0 Å². The van der Waals surface area contributed by atoms with Crippen LogP contribution in [0, 0.1) is 23.7 Å². The van der Waals surface area contributed by atoms with Crippen LogP contribution in [-0.2, 0) is 4.74 Å². The molecule has 0 aromatic heterocycles. The van der Waals surface area contributed by atoms with Crippen LogP contribution in [0.25, 0.3) is 0 Å². The summed E-state index contributed by atoms with van der Waals surface area (Å²) in [4.78, 5) is 0. The lowest BCUT2D eigenvalue weighted by Crippen LogP contribution is -2.34. The van der Waals surface area contributed by atoms with Crippen LogP contribution in [0.1, 0.15) is 65.7 Å². The van der Waals surface area contributed by atoms with Gasteiger partial charge < -0.3 is 10.1 Å². The molecule has 20 heavy (non-hydrogen) atoms. The third-order valence-corrected chi connectivity index (χ3v) is 5.24. The summed E-state index contributed by atoms with van der Waals surface area (Å²) in [7, 11) is 0. The van der Waals surface area contributed by atoms with Crippen LogP contribution in [0.3, 0.4) is 0 Å². The van der Waals surface area contributed by atoms with Crippen molar-refractivity contribution in [2.24, 2.45) is 23.7 Å². The van der Waals surface area contributed by atoms with Gasteiger partial charge in [-0.25, -0.2) is 0 Å². The lowest BCUT2D eigenvalue weighted by Gasteiger charge is -2.36. The molecule has 4 unspecified atom stereocenters. The summed E-state index contributed by atoms with van der Waals surface area (Å²) >= 11 is 0. The van der Waals surface area contributed by atoms with Gasteiger partial charge in [-0.15, -0.1) is 0 Å². The molecule has 1 aliphatic heterocycles. The Morgan fingerprint density at radius 1 is 1.10 bits per heavy atom. The molecule has 0 amide bonds. The molecule has 2 fully saturated rings. The molecule has 2 heteroatoms. The van der Waals surface area contributed by atoms with Gasteiger partial charge in [0.05, 0.1) is 6.10 Å². The van der Waals surface area contributed by atoms with Gasteiger partial charge in [-0.3, -0.25) is 0 Å². The van der Waals surface area contributed by atoms with Crippen molar-refractivity contribution in [1.82, 2.24) is 5.32 Å². The van der Waals surface area contributed by atoms with E-state index < -0.39 is 0 Å². The first-order valence-corrected chi connectivity index (χ1v) is 8.97. The fraction of sp³-hybridized carbons (Fsp3) is 1.00. The van der Waals surface area contributed by atoms with Crippen LogP contribution in [0.15, 0.2) is 0 Å². The Morgan fingerprint density at radius 3 is 2.65 bits per heavy atom. The molecule has 1 saturated carbocycles. The average Bonchev–Trinajstić information content (AvgIpc) is 2.91. The zero-order chi connectivity index (χ0) is 14.4. The van der Waals surface area contributed by atoms with Gasteiger partial charge in [0.15, 0.2) is 0 Å². The van der Waals surface area contributed by atoms with Gasteiger partial charge in [-0.05, 0) is 75.3 Å². The standard InChI is InChI=1S/C18H35NO/c1-14(2)12-19-13-17-7-6-15(3)11-16(17)8-9-18-5-4-10-20-18/h14-19H,4-13H2,1-3H3. The van der Waals surface area contributed by atoms with Gasteiger partial charge in [-0.2, -0.15) is 0 Å². The summed E-state index contributed by atoms with van der Waals surface area (Å²) in [5, 5.41) is 3.70.